The van der Waals surface area contributed by atoms with Gasteiger partial charge in [-0.1, -0.05) is 72.8 Å². The van der Waals surface area contributed by atoms with Crippen molar-refractivity contribution >= 4 is 75.7 Å². The van der Waals surface area contributed by atoms with E-state index < -0.39 is 0 Å². The molecule has 0 N–H and O–H groups in total. The van der Waals surface area contributed by atoms with E-state index in [0.717, 1.165) is 37.9 Å². The van der Waals surface area contributed by atoms with Gasteiger partial charge in [-0.2, -0.15) is 0 Å². The van der Waals surface area contributed by atoms with Crippen LogP contribution in [0.2, 0.25) is 0 Å². The van der Waals surface area contributed by atoms with Crippen LogP contribution in [0.25, 0.3) is 91.0 Å². The summed E-state index contributed by atoms with van der Waals surface area (Å²) in [5.41, 5.74) is 10.2. The molecule has 0 unspecified atom stereocenters. The van der Waals surface area contributed by atoms with Crippen LogP contribution >= 0.6 is 22.7 Å². The van der Waals surface area contributed by atoms with Crippen LogP contribution in [0.1, 0.15) is 0 Å². The summed E-state index contributed by atoms with van der Waals surface area (Å²) in [6.45, 7) is 0. The average molecular weight is 636 g/mol. The Labute approximate surface area is 278 Å². The molecule has 0 aliphatic heterocycles. The molecule has 5 heteroatoms. The smallest absolute Gasteiger partial charge is 0.124 e. The van der Waals surface area contributed by atoms with Crippen molar-refractivity contribution in [1.82, 2.24) is 14.5 Å². The molecule has 0 saturated heterocycles. The topological polar surface area (TPSA) is 30.7 Å². The van der Waals surface area contributed by atoms with E-state index in [9.17, 15) is 0 Å². The summed E-state index contributed by atoms with van der Waals surface area (Å²) in [5.74, 6) is 0. The lowest BCUT2D eigenvalue weighted by Crippen LogP contribution is -1.94. The molecule has 0 amide bonds. The molecule has 0 aliphatic rings. The predicted octanol–water partition coefficient (Wildman–Crippen LogP) is 12.2. The van der Waals surface area contributed by atoms with Crippen LogP contribution in [0, 0.1) is 0 Å². The SMILES string of the molecule is c1cc(-c2ccc3ccccc3c2)cc(-n2c3ccc(-c4nc5ccccc5s4)cc3c3cc(-c4nc5ccccc5s4)ccc32)c1. The molecule has 0 fully saturated rings. The van der Waals surface area contributed by atoms with E-state index in [1.54, 1.807) is 22.7 Å². The monoisotopic (exact) mass is 635 g/mol. The van der Waals surface area contributed by atoms with Crippen LogP contribution in [0.15, 0.2) is 152 Å². The zero-order chi connectivity index (χ0) is 30.9. The summed E-state index contributed by atoms with van der Waals surface area (Å²) in [6.07, 6.45) is 0. The molecule has 0 atom stereocenters. The van der Waals surface area contributed by atoms with E-state index in [1.165, 1.54) is 53.1 Å². The highest BCUT2D eigenvalue weighted by Crippen LogP contribution is 2.40. The first-order valence-electron chi connectivity index (χ1n) is 15.6. The molecule has 0 spiro atoms. The van der Waals surface area contributed by atoms with Crippen molar-refractivity contribution < 1.29 is 0 Å². The molecule has 220 valence electrons. The molecule has 3 nitrogen and oxygen atoms in total. The quantitative estimate of drug-likeness (QED) is 0.193. The van der Waals surface area contributed by atoms with Gasteiger partial charge in [0, 0.05) is 27.6 Å². The fraction of sp³-hybridized carbons (Fsp3) is 0. The van der Waals surface area contributed by atoms with Gasteiger partial charge >= 0.3 is 0 Å². The van der Waals surface area contributed by atoms with Gasteiger partial charge in [-0.25, -0.2) is 9.97 Å². The van der Waals surface area contributed by atoms with Crippen molar-refractivity contribution in [3.05, 3.63) is 152 Å². The van der Waals surface area contributed by atoms with E-state index in [-0.39, 0.29) is 0 Å². The van der Waals surface area contributed by atoms with Gasteiger partial charge in [-0.05, 0) is 101 Å². The fourth-order valence-corrected chi connectivity index (χ4v) is 8.68. The molecular formula is C42H25N3S2. The normalized spacial score (nSPS) is 11.8. The molecule has 47 heavy (non-hydrogen) atoms. The summed E-state index contributed by atoms with van der Waals surface area (Å²) in [5, 5.41) is 6.98. The molecule has 10 aromatic rings. The van der Waals surface area contributed by atoms with Gasteiger partial charge in [-0.15, -0.1) is 22.7 Å². The second-order valence-electron chi connectivity index (χ2n) is 11.9. The minimum Gasteiger partial charge on any atom is -0.309 e. The summed E-state index contributed by atoms with van der Waals surface area (Å²) in [6, 6.07) is 54.5. The number of rotatable bonds is 4. The first-order valence-corrected chi connectivity index (χ1v) is 17.3. The number of aromatic nitrogens is 3. The molecule has 10 rings (SSSR count). The van der Waals surface area contributed by atoms with Gasteiger partial charge in [-0.3, -0.25) is 0 Å². The molecule has 7 aromatic carbocycles. The van der Waals surface area contributed by atoms with E-state index in [4.69, 9.17) is 9.97 Å². The Morgan fingerprint density at radius 3 is 1.60 bits per heavy atom. The van der Waals surface area contributed by atoms with Crippen LogP contribution in [0.4, 0.5) is 0 Å². The van der Waals surface area contributed by atoms with E-state index >= 15 is 0 Å². The van der Waals surface area contributed by atoms with Crippen molar-refractivity contribution in [3.63, 3.8) is 0 Å². The first-order chi connectivity index (χ1) is 23.2. The van der Waals surface area contributed by atoms with Crippen molar-refractivity contribution in [2.45, 2.75) is 0 Å². The number of hydrogen-bond acceptors (Lipinski definition) is 4. The highest BCUT2D eigenvalue weighted by atomic mass is 32.1. The lowest BCUT2D eigenvalue weighted by atomic mass is 10.0. The molecular weight excluding hydrogens is 611 g/mol. The lowest BCUT2D eigenvalue weighted by molar-refractivity contribution is 1.18. The number of fused-ring (bicyclic) bond motifs is 6. The summed E-state index contributed by atoms with van der Waals surface area (Å²) < 4.78 is 4.81. The average Bonchev–Trinajstić information content (AvgIpc) is 3.85. The van der Waals surface area contributed by atoms with Gasteiger partial charge in [0.25, 0.3) is 0 Å². The van der Waals surface area contributed by atoms with Crippen molar-refractivity contribution in [1.29, 1.82) is 0 Å². The number of hydrogen-bond donors (Lipinski definition) is 0. The Hall–Kier alpha value is -5.62. The standard InChI is InChI=1S/C42H25N3S2/c1-2-9-27-22-29(17-16-26(27)8-1)28-10-7-11-32(23-28)45-37-20-18-30(41-43-35-12-3-5-14-39(35)46-41)24-33(37)34-25-31(19-21-38(34)45)42-44-36-13-4-6-15-40(36)47-42/h1-25H. The van der Waals surface area contributed by atoms with E-state index in [2.05, 4.69) is 156 Å². The van der Waals surface area contributed by atoms with Crippen LogP contribution in [-0.4, -0.2) is 14.5 Å². The Bertz CT molecular complexity index is 2620. The highest BCUT2D eigenvalue weighted by molar-refractivity contribution is 7.22. The number of para-hydroxylation sites is 2. The van der Waals surface area contributed by atoms with Crippen LogP contribution in [0.5, 0.6) is 0 Å². The maximum absolute atomic E-state index is 4.99. The predicted molar refractivity (Wildman–Crippen MR) is 201 cm³/mol. The molecule has 3 heterocycles. The van der Waals surface area contributed by atoms with Gasteiger partial charge in [0.15, 0.2) is 0 Å². The van der Waals surface area contributed by atoms with Crippen molar-refractivity contribution in [2.24, 2.45) is 0 Å². The maximum Gasteiger partial charge on any atom is 0.124 e. The summed E-state index contributed by atoms with van der Waals surface area (Å²) in [7, 11) is 0. The Kier molecular flexibility index (Phi) is 5.92. The Morgan fingerprint density at radius 1 is 0.404 bits per heavy atom. The van der Waals surface area contributed by atoms with Crippen molar-refractivity contribution in [3.8, 4) is 38.0 Å². The van der Waals surface area contributed by atoms with Crippen LogP contribution in [0.3, 0.4) is 0 Å². The van der Waals surface area contributed by atoms with Gasteiger partial charge in [0.2, 0.25) is 0 Å². The van der Waals surface area contributed by atoms with Crippen molar-refractivity contribution in [2.75, 3.05) is 0 Å². The first kappa shape index (κ1) is 26.6. The largest absolute Gasteiger partial charge is 0.309 e. The van der Waals surface area contributed by atoms with E-state index in [0.29, 0.717) is 0 Å². The molecule has 0 aliphatic carbocycles. The number of nitrogens with zero attached hydrogens (tertiary/aromatic N) is 3. The molecule has 0 bridgehead atoms. The maximum atomic E-state index is 4.99. The Morgan fingerprint density at radius 2 is 0.957 bits per heavy atom. The number of benzene rings is 7. The van der Waals surface area contributed by atoms with Gasteiger partial charge in [0.05, 0.1) is 31.5 Å². The third kappa shape index (κ3) is 4.39. The lowest BCUT2D eigenvalue weighted by Gasteiger charge is -2.11. The fourth-order valence-electron chi connectivity index (χ4n) is 6.75. The third-order valence-corrected chi connectivity index (χ3v) is 11.2. The number of thiazole rings is 2. The highest BCUT2D eigenvalue weighted by Gasteiger charge is 2.17. The van der Waals surface area contributed by atoms with Gasteiger partial charge < -0.3 is 4.57 Å². The third-order valence-electron chi connectivity index (χ3n) is 9.03. The second kappa shape index (κ2) is 10.5. The van der Waals surface area contributed by atoms with Gasteiger partial charge in [0.1, 0.15) is 10.0 Å². The summed E-state index contributed by atoms with van der Waals surface area (Å²) in [4.78, 5) is 9.99. The zero-order valence-corrected chi connectivity index (χ0v) is 26.7. The van der Waals surface area contributed by atoms with Crippen LogP contribution < -0.4 is 0 Å². The zero-order valence-electron chi connectivity index (χ0n) is 25.1. The second-order valence-corrected chi connectivity index (χ2v) is 13.9. The minimum absolute atomic E-state index is 1.04. The van der Waals surface area contributed by atoms with E-state index in [1.807, 2.05) is 0 Å². The molecule has 0 saturated carbocycles. The molecule has 3 aromatic heterocycles. The minimum atomic E-state index is 1.04. The summed E-state index contributed by atoms with van der Waals surface area (Å²) >= 11 is 3.49. The van der Waals surface area contributed by atoms with Crippen LogP contribution in [-0.2, 0) is 0 Å². The Balaban J connectivity index is 1.19. The molecule has 0 radical (unpaired) electrons.